The quantitative estimate of drug-likeness (QED) is 0.691. The van der Waals surface area contributed by atoms with Crippen molar-refractivity contribution in [3.63, 3.8) is 0 Å². The van der Waals surface area contributed by atoms with Crippen molar-refractivity contribution < 1.29 is 9.18 Å². The molecule has 0 saturated heterocycles. The molecule has 0 atom stereocenters. The van der Waals surface area contributed by atoms with E-state index in [0.717, 1.165) is 28.4 Å². The first kappa shape index (κ1) is 9.90. The Kier molecular flexibility index (Phi) is 2.31. The average Bonchev–Trinajstić information content (AvgIpc) is 2.44. The lowest BCUT2D eigenvalue weighted by molar-refractivity contribution is -0.108. The summed E-state index contributed by atoms with van der Waals surface area (Å²) in [5.41, 5.74) is 2.97. The van der Waals surface area contributed by atoms with Crippen LogP contribution in [0.4, 0.5) is 4.39 Å². The number of hydrogen-bond donors (Lipinski definition) is 0. The summed E-state index contributed by atoms with van der Waals surface area (Å²) in [5.74, 6) is -0.242. The highest BCUT2D eigenvalue weighted by Crippen LogP contribution is 2.25. The molecular weight excluding hydrogens is 193 g/mol. The van der Waals surface area contributed by atoms with Gasteiger partial charge < -0.3 is 9.36 Å². The fourth-order valence-corrected chi connectivity index (χ4v) is 1.93. The monoisotopic (exact) mass is 205 g/mol. The van der Waals surface area contributed by atoms with Crippen LogP contribution >= 0.6 is 0 Å². The van der Waals surface area contributed by atoms with E-state index in [1.807, 2.05) is 18.4 Å². The number of aromatic nitrogens is 1. The summed E-state index contributed by atoms with van der Waals surface area (Å²) < 4.78 is 15.0. The zero-order valence-electron chi connectivity index (χ0n) is 8.75. The molecule has 0 radical (unpaired) electrons. The lowest BCUT2D eigenvalue weighted by Crippen LogP contribution is -2.00. The number of benzene rings is 1. The molecule has 2 rings (SSSR count). The van der Waals surface area contributed by atoms with Gasteiger partial charge in [0.2, 0.25) is 0 Å². The molecule has 0 fully saturated rings. The number of fused-ring (bicyclic) bond motifs is 1. The zero-order chi connectivity index (χ0) is 11.0. The van der Waals surface area contributed by atoms with E-state index in [9.17, 15) is 9.18 Å². The number of aryl methyl sites for hydroxylation is 1. The van der Waals surface area contributed by atoms with Crippen molar-refractivity contribution in [3.8, 4) is 0 Å². The van der Waals surface area contributed by atoms with Gasteiger partial charge in [-0.3, -0.25) is 0 Å². The van der Waals surface area contributed by atoms with E-state index in [2.05, 4.69) is 0 Å². The van der Waals surface area contributed by atoms with Crippen LogP contribution in [-0.4, -0.2) is 10.9 Å². The number of hydrogen-bond acceptors (Lipinski definition) is 1. The van der Waals surface area contributed by atoms with Gasteiger partial charge in [0.15, 0.2) is 0 Å². The van der Waals surface area contributed by atoms with Gasteiger partial charge in [-0.1, -0.05) is 0 Å². The van der Waals surface area contributed by atoms with Gasteiger partial charge in [-0.25, -0.2) is 4.39 Å². The maximum Gasteiger partial charge on any atom is 0.139 e. The van der Waals surface area contributed by atoms with Crippen LogP contribution in [0.5, 0.6) is 0 Å². The highest BCUT2D eigenvalue weighted by molar-refractivity contribution is 5.85. The molecule has 1 heterocycles. The largest absolute Gasteiger partial charge is 0.337 e. The van der Waals surface area contributed by atoms with Crippen molar-refractivity contribution in [2.45, 2.75) is 20.4 Å². The second-order valence-electron chi connectivity index (χ2n) is 3.65. The van der Waals surface area contributed by atoms with Gasteiger partial charge >= 0.3 is 0 Å². The first-order chi connectivity index (χ1) is 7.15. The molecular formula is C12H12FNO. The van der Waals surface area contributed by atoms with Gasteiger partial charge in [0.05, 0.1) is 6.54 Å². The normalized spacial score (nSPS) is 10.9. The summed E-state index contributed by atoms with van der Waals surface area (Å²) >= 11 is 0. The Balaban J connectivity index is 2.80. The Labute approximate surface area is 87.3 Å². The third-order valence-electron chi connectivity index (χ3n) is 2.86. The Morgan fingerprint density at radius 1 is 1.40 bits per heavy atom. The number of halogens is 1. The highest BCUT2D eigenvalue weighted by atomic mass is 19.1. The third kappa shape index (κ3) is 1.44. The summed E-state index contributed by atoms with van der Waals surface area (Å²) in [6.45, 7) is 4.21. The van der Waals surface area contributed by atoms with Gasteiger partial charge in [-0.15, -0.1) is 0 Å². The summed E-state index contributed by atoms with van der Waals surface area (Å²) in [4.78, 5) is 10.6. The van der Waals surface area contributed by atoms with E-state index < -0.39 is 0 Å². The number of nitrogens with zero attached hydrogens (tertiary/aromatic N) is 1. The maximum atomic E-state index is 13.1. The smallest absolute Gasteiger partial charge is 0.139 e. The highest BCUT2D eigenvalue weighted by Gasteiger charge is 2.10. The molecule has 0 saturated carbocycles. The minimum Gasteiger partial charge on any atom is -0.337 e. The second kappa shape index (κ2) is 3.50. The molecule has 0 bridgehead atoms. The minimum absolute atomic E-state index is 0.242. The molecule has 2 aromatic rings. The van der Waals surface area contributed by atoms with E-state index >= 15 is 0 Å². The Morgan fingerprint density at radius 2 is 2.13 bits per heavy atom. The van der Waals surface area contributed by atoms with E-state index in [-0.39, 0.29) is 5.82 Å². The van der Waals surface area contributed by atoms with Crippen molar-refractivity contribution in [2.24, 2.45) is 0 Å². The molecule has 0 aliphatic carbocycles. The maximum absolute atomic E-state index is 13.1. The van der Waals surface area contributed by atoms with Gasteiger partial charge in [-0.05, 0) is 37.6 Å². The fraction of sp³-hybridized carbons (Fsp3) is 0.250. The van der Waals surface area contributed by atoms with Crippen LogP contribution in [0.1, 0.15) is 11.3 Å². The minimum atomic E-state index is -0.242. The molecule has 1 aromatic carbocycles. The molecule has 1 aromatic heterocycles. The number of carbonyl (C=O) groups excluding carboxylic acids is 1. The predicted molar refractivity (Wildman–Crippen MR) is 57.4 cm³/mol. The van der Waals surface area contributed by atoms with E-state index in [4.69, 9.17) is 0 Å². The predicted octanol–water partition coefficient (Wildman–Crippen LogP) is 2.60. The van der Waals surface area contributed by atoms with E-state index in [1.54, 1.807) is 6.07 Å². The molecule has 0 unspecified atom stereocenters. The van der Waals surface area contributed by atoms with Crippen LogP contribution in [0.2, 0.25) is 0 Å². The molecule has 0 spiro atoms. The first-order valence-electron chi connectivity index (χ1n) is 4.83. The second-order valence-corrected chi connectivity index (χ2v) is 3.65. The van der Waals surface area contributed by atoms with Crippen LogP contribution in [0.3, 0.4) is 0 Å². The number of rotatable bonds is 2. The Bertz CT molecular complexity index is 528. The van der Waals surface area contributed by atoms with Crippen molar-refractivity contribution >= 4 is 17.2 Å². The molecule has 3 heteroatoms. The Morgan fingerprint density at radius 3 is 2.80 bits per heavy atom. The zero-order valence-corrected chi connectivity index (χ0v) is 8.75. The van der Waals surface area contributed by atoms with Crippen LogP contribution in [0.25, 0.3) is 10.9 Å². The third-order valence-corrected chi connectivity index (χ3v) is 2.86. The molecule has 0 amide bonds. The van der Waals surface area contributed by atoms with Crippen LogP contribution < -0.4 is 0 Å². The van der Waals surface area contributed by atoms with E-state index in [0.29, 0.717) is 6.54 Å². The Hall–Kier alpha value is -1.64. The first-order valence-corrected chi connectivity index (χ1v) is 4.83. The van der Waals surface area contributed by atoms with Crippen molar-refractivity contribution in [1.82, 2.24) is 4.57 Å². The number of aldehydes is 1. The van der Waals surface area contributed by atoms with Crippen molar-refractivity contribution in [3.05, 3.63) is 35.3 Å². The summed E-state index contributed by atoms with van der Waals surface area (Å²) in [5, 5.41) is 0.884. The standard InChI is InChI=1S/C12H12FNO/c1-8-9(2)14(5-6-15)12-4-3-10(13)7-11(8)12/h3-4,6-7H,5H2,1-2H3. The summed E-state index contributed by atoms with van der Waals surface area (Å²) in [6.07, 6.45) is 0.856. The van der Waals surface area contributed by atoms with Crippen LogP contribution in [0.15, 0.2) is 18.2 Å². The molecule has 0 N–H and O–H groups in total. The molecule has 2 nitrogen and oxygen atoms in total. The molecule has 0 aliphatic heterocycles. The van der Waals surface area contributed by atoms with Gasteiger partial charge in [0.25, 0.3) is 0 Å². The lowest BCUT2D eigenvalue weighted by atomic mass is 10.1. The fourth-order valence-electron chi connectivity index (χ4n) is 1.93. The van der Waals surface area contributed by atoms with Crippen LogP contribution in [0, 0.1) is 19.7 Å². The van der Waals surface area contributed by atoms with Gasteiger partial charge in [0, 0.05) is 16.6 Å². The topological polar surface area (TPSA) is 22.0 Å². The van der Waals surface area contributed by atoms with Gasteiger partial charge in [-0.2, -0.15) is 0 Å². The molecule has 0 aliphatic rings. The van der Waals surface area contributed by atoms with Crippen LogP contribution in [-0.2, 0) is 11.3 Å². The van der Waals surface area contributed by atoms with Gasteiger partial charge in [0.1, 0.15) is 12.1 Å². The molecule has 15 heavy (non-hydrogen) atoms. The summed E-state index contributed by atoms with van der Waals surface area (Å²) in [7, 11) is 0. The van der Waals surface area contributed by atoms with E-state index in [1.165, 1.54) is 12.1 Å². The van der Waals surface area contributed by atoms with Crippen molar-refractivity contribution in [2.75, 3.05) is 0 Å². The number of carbonyl (C=O) groups is 1. The van der Waals surface area contributed by atoms with Crippen molar-refractivity contribution in [1.29, 1.82) is 0 Å². The SMILES string of the molecule is Cc1c(C)n(CC=O)c2ccc(F)cc12. The summed E-state index contributed by atoms with van der Waals surface area (Å²) in [6, 6.07) is 4.65. The molecule has 78 valence electrons. The average molecular weight is 205 g/mol. The lowest BCUT2D eigenvalue weighted by Gasteiger charge is -2.02.